The van der Waals surface area contributed by atoms with Gasteiger partial charge in [0.2, 0.25) is 5.91 Å². The highest BCUT2D eigenvalue weighted by atomic mass is 16.3. The molecule has 0 saturated carbocycles. The molecule has 10 nitrogen and oxygen atoms in total. The number of hydrogen-bond donors (Lipinski definition) is 8. The van der Waals surface area contributed by atoms with Gasteiger partial charge in [0, 0.05) is 82.4 Å². The molecule has 0 aromatic heterocycles. The Morgan fingerprint density at radius 3 is 0.870 bits per heavy atom. The molecule has 4 aromatic rings. The van der Waals surface area contributed by atoms with Crippen LogP contribution in [0.4, 0.5) is 0 Å². The van der Waals surface area contributed by atoms with Crippen LogP contribution in [0.15, 0.2) is 95.2 Å². The number of unbranched alkanes of at least 4 members (excludes halogenated alkanes) is 3. The fraction of sp³-hybridized carbons (Fsp3) is 0.544. The fourth-order valence-corrected chi connectivity index (χ4v) is 16.4. The van der Waals surface area contributed by atoms with Gasteiger partial charge in [-0.15, -0.1) is 0 Å². The van der Waals surface area contributed by atoms with Crippen LogP contribution in [0.3, 0.4) is 0 Å². The molecule has 1 fully saturated rings. The zero-order valence-corrected chi connectivity index (χ0v) is 63.4. The van der Waals surface area contributed by atoms with Crippen molar-refractivity contribution < 1.29 is 62.1 Å². The van der Waals surface area contributed by atoms with E-state index in [2.05, 4.69) is 47.1 Å². The van der Waals surface area contributed by atoms with Crippen molar-refractivity contribution in [3.05, 3.63) is 184 Å². The topological polar surface area (TPSA) is 182 Å². The second-order valence-corrected chi connectivity index (χ2v) is 30.0. The van der Waals surface area contributed by atoms with E-state index in [1.807, 2.05) is 83.1 Å². The molecule has 1 aliphatic heterocycles. The van der Waals surface area contributed by atoms with E-state index >= 15 is 0 Å². The van der Waals surface area contributed by atoms with Crippen molar-refractivity contribution in [2.75, 3.05) is 13.1 Å². The quantitative estimate of drug-likeness (QED) is 0.0335. The van der Waals surface area contributed by atoms with Crippen molar-refractivity contribution in [1.29, 1.82) is 0 Å². The fourth-order valence-electron chi connectivity index (χ4n) is 16.4. The molecule has 8 N–H and O–H groups in total. The van der Waals surface area contributed by atoms with Gasteiger partial charge in [-0.1, -0.05) is 142 Å². The van der Waals surface area contributed by atoms with Gasteiger partial charge in [0.1, 0.15) is 46.0 Å². The average molecular weight is 1380 g/mol. The Morgan fingerprint density at radius 1 is 0.390 bits per heavy atom. The van der Waals surface area contributed by atoms with Crippen molar-refractivity contribution in [2.45, 2.75) is 277 Å². The zero-order valence-electron chi connectivity index (χ0n) is 75.4. The van der Waals surface area contributed by atoms with E-state index in [-0.39, 0.29) is 93.3 Å². The summed E-state index contributed by atoms with van der Waals surface area (Å²) in [5.41, 5.74) is 16.9. The Hall–Kier alpha value is -7.33. The van der Waals surface area contributed by atoms with Crippen LogP contribution < -0.4 is 0 Å². The predicted molar refractivity (Wildman–Crippen MR) is 418 cm³/mol. The van der Waals surface area contributed by atoms with Crippen molar-refractivity contribution in [1.82, 2.24) is 4.90 Å². The Balaban J connectivity index is 0.000000233. The Bertz CT molecular complexity index is 4190. The maximum Gasteiger partial charge on any atom is 0.219 e. The Labute approximate surface area is 620 Å². The minimum absolute atomic E-state index is 0.00581. The van der Waals surface area contributed by atoms with E-state index in [0.717, 1.165) is 136 Å². The van der Waals surface area contributed by atoms with E-state index in [9.17, 15) is 45.6 Å². The standard InChI is InChI=1S/C24H33NO3.C23H34O2.C22H32O2.C21H30O2/c1-13(2)19-8-7-14(3)9-21(19)22-23(27)15(4)20(16(5)24(22)28)10-18-11-25(12-18)17(6)26;1-7-8-9-10-19-16(5)22(24)21(23(25)17(19)6)20-13-15(4)11-12-18(20)14(2)3;1-7-8-9-18-15(5)21(23)20(22(24)16(18)6)19-12-14(4)10-11-17(19)13(2)3;1-7-8-17-14(5)20(22)19(21(23)15(17)6)18-11-13(4)9-10-16(18)12(2)3/h9,18-19,21,27-28H,1,7-8,10-12H2,2-6H3;13,18,20,24-25H,2,7-12H2,1,3-6H3;12,17,19,23-24H,2,7-11H2,1,3-6H3;11,16,18,22-23H,2,7-10H2,1,3-6H3/t19-,21+;18-,20+;17-,19+;16-,18+/m0000/s1/i3D3;3*4D3. The monoisotopic (exact) mass is 1380 g/mol. The maximum absolute atomic E-state index is 11.5. The maximum atomic E-state index is 11.5. The molecule has 1 amide bonds. The summed E-state index contributed by atoms with van der Waals surface area (Å²) in [4.78, 5) is 13.2. The average Bonchev–Trinajstić information content (AvgIpc) is 0.774. The van der Waals surface area contributed by atoms with E-state index in [1.165, 1.54) is 0 Å². The van der Waals surface area contributed by atoms with E-state index in [1.54, 1.807) is 36.1 Å². The normalized spacial score (nSPS) is 23.6. The first-order valence-corrected chi connectivity index (χ1v) is 36.7. The third kappa shape index (κ3) is 18.1. The van der Waals surface area contributed by atoms with Gasteiger partial charge >= 0.3 is 0 Å². The molecule has 10 heteroatoms. The number of carbonyl (C=O) groups is 1. The van der Waals surface area contributed by atoms with Gasteiger partial charge in [-0.05, 0) is 297 Å². The van der Waals surface area contributed by atoms with Crippen LogP contribution in [0.25, 0.3) is 0 Å². The van der Waals surface area contributed by atoms with Gasteiger partial charge in [-0.3, -0.25) is 4.79 Å². The summed E-state index contributed by atoms with van der Waals surface area (Å²) >= 11 is 0. The van der Waals surface area contributed by atoms with Crippen LogP contribution in [0, 0.1) is 85.0 Å². The molecule has 1 heterocycles. The molecular weight excluding hydrogens is 1240 g/mol. The summed E-state index contributed by atoms with van der Waals surface area (Å²) in [7, 11) is 0. The molecule has 0 unspecified atom stereocenters. The summed E-state index contributed by atoms with van der Waals surface area (Å²) in [6.07, 6.45) is 20.6. The predicted octanol–water partition coefficient (Wildman–Crippen LogP) is 23.0. The minimum Gasteiger partial charge on any atom is -0.507 e. The van der Waals surface area contributed by atoms with Crippen molar-refractivity contribution in [3.63, 3.8) is 0 Å². The highest BCUT2D eigenvalue weighted by molar-refractivity contribution is 5.74. The first-order chi connectivity index (χ1) is 51.8. The summed E-state index contributed by atoms with van der Waals surface area (Å²) in [6.45, 7) is 39.5. The van der Waals surface area contributed by atoms with Crippen LogP contribution in [0.2, 0.25) is 0 Å². The molecule has 0 spiro atoms. The first-order valence-electron chi connectivity index (χ1n) is 42.7. The highest BCUT2D eigenvalue weighted by Crippen LogP contribution is 2.54. The van der Waals surface area contributed by atoms with Gasteiger partial charge in [0.25, 0.3) is 0 Å². The lowest BCUT2D eigenvalue weighted by Crippen LogP contribution is -2.49. The number of phenols is 8. The van der Waals surface area contributed by atoms with Crippen LogP contribution >= 0.6 is 0 Å². The Morgan fingerprint density at radius 2 is 0.640 bits per heavy atom. The number of carbonyl (C=O) groups excluding carboxylic acids is 1. The Kier molecular flexibility index (Phi) is 23.0. The lowest BCUT2D eigenvalue weighted by atomic mass is 9.72. The second-order valence-electron chi connectivity index (χ2n) is 30.0. The summed E-state index contributed by atoms with van der Waals surface area (Å²) in [6, 6.07) is 0. The zero-order chi connectivity index (χ0) is 84.8. The first kappa shape index (κ1) is 64.7. The van der Waals surface area contributed by atoms with Gasteiger partial charge < -0.3 is 45.8 Å². The van der Waals surface area contributed by atoms with Crippen molar-refractivity contribution in [3.8, 4) is 46.0 Å². The molecule has 9 rings (SSSR count). The molecule has 100 heavy (non-hydrogen) atoms. The number of rotatable bonds is 19. The number of likely N-dealkylation sites (tertiary alicyclic amines) is 1. The number of aromatic hydroxyl groups is 8. The molecule has 4 aliphatic carbocycles. The van der Waals surface area contributed by atoms with Gasteiger partial charge in [0.15, 0.2) is 0 Å². The van der Waals surface area contributed by atoms with Gasteiger partial charge in [-0.25, -0.2) is 0 Å². The van der Waals surface area contributed by atoms with Crippen LogP contribution in [-0.4, -0.2) is 64.7 Å². The van der Waals surface area contributed by atoms with E-state index in [4.69, 9.17) is 16.4 Å². The lowest BCUT2D eigenvalue weighted by Gasteiger charge is -2.39. The van der Waals surface area contributed by atoms with Crippen molar-refractivity contribution in [2.24, 2.45) is 29.6 Å². The molecule has 1 saturated heterocycles. The SMILES string of the molecule is [2H]C([2H])([2H])C1=C[C@@H](c2c(O)c(C)c(CC3CN(C(C)=O)C3)c(C)c2O)[C@H](C(=C)C)CC1.[2H]C([2H])([2H])C1=C[C@@H](c2c(O)c(C)c(CCC)c(C)c2O)[C@H](C(=C)C)CC1.[2H]C([2H])([2H])C1=C[C@@H](c2c(O)c(C)c(CCCC)c(C)c2O)[C@H](C(=C)C)CC1.[2H]C([2H])([2H])C1=C[C@@H](c2c(O)c(C)c(CCCCC)c(C)c2O)[C@H](C(=C)C)CC1. The minimum atomic E-state index is -2.19. The molecule has 0 bridgehead atoms. The highest BCUT2D eigenvalue weighted by Gasteiger charge is 2.38. The smallest absolute Gasteiger partial charge is 0.219 e. The van der Waals surface area contributed by atoms with E-state index in [0.29, 0.717) is 132 Å². The third-order valence-corrected chi connectivity index (χ3v) is 22.7. The van der Waals surface area contributed by atoms with Crippen molar-refractivity contribution >= 4 is 5.91 Å². The molecule has 5 aliphatic rings. The number of benzene rings is 4. The summed E-state index contributed by atoms with van der Waals surface area (Å²) < 4.78 is 93.4. The number of nitrogens with zero attached hydrogens (tertiary/aromatic N) is 1. The molecule has 0 radical (unpaired) electrons. The largest absolute Gasteiger partial charge is 0.507 e. The number of hydrogen-bond acceptors (Lipinski definition) is 9. The third-order valence-electron chi connectivity index (χ3n) is 22.7. The number of amides is 1. The van der Waals surface area contributed by atoms with Gasteiger partial charge in [0.05, 0.1) is 0 Å². The van der Waals surface area contributed by atoms with Gasteiger partial charge in [-0.2, -0.15) is 0 Å². The molecule has 8 atom stereocenters. The number of allylic oxidation sites excluding steroid dienone is 12. The summed E-state index contributed by atoms with van der Waals surface area (Å²) in [5, 5.41) is 88.0. The second kappa shape index (κ2) is 35.5. The molecule has 4 aromatic carbocycles. The number of phenolic OH excluding ortho intramolecular Hbond substituents is 8. The van der Waals surface area contributed by atoms with E-state index < -0.39 is 33.3 Å². The van der Waals surface area contributed by atoms with Crippen LogP contribution in [0.5, 0.6) is 46.0 Å². The summed E-state index contributed by atoms with van der Waals surface area (Å²) in [5.74, 6) is -0.737. The van der Waals surface area contributed by atoms with Crippen LogP contribution in [-0.2, 0) is 30.5 Å². The molecule has 548 valence electrons. The van der Waals surface area contributed by atoms with Crippen LogP contribution in [0.1, 0.15) is 302 Å². The lowest BCUT2D eigenvalue weighted by molar-refractivity contribution is -0.134. The molecular formula is C90H129NO9.